The number of methoxy groups -OCH3 is 1. The van der Waals surface area contributed by atoms with Gasteiger partial charge < -0.3 is 10.1 Å². The average molecular weight is 413 g/mol. The van der Waals surface area contributed by atoms with Gasteiger partial charge in [-0.2, -0.15) is 0 Å². The zero-order valence-corrected chi connectivity index (χ0v) is 15.7. The Bertz CT molecular complexity index is 1070. The summed E-state index contributed by atoms with van der Waals surface area (Å²) in [5, 5.41) is 3.85. The number of carbonyl (C=O) groups excluding carboxylic acids is 1. The summed E-state index contributed by atoms with van der Waals surface area (Å²) in [5.41, 5.74) is 0.399. The lowest BCUT2D eigenvalue weighted by atomic mass is 10.2. The quantitative estimate of drug-likeness (QED) is 0.703. The van der Waals surface area contributed by atoms with E-state index in [9.17, 15) is 9.59 Å². The number of anilines is 1. The fourth-order valence-corrected chi connectivity index (χ4v) is 3.21. The highest BCUT2D eigenvalue weighted by Gasteiger charge is 2.12. The van der Waals surface area contributed by atoms with Crippen molar-refractivity contribution in [3.63, 3.8) is 0 Å². The third-order valence-electron chi connectivity index (χ3n) is 3.60. The number of ether oxygens (including phenoxy) is 1. The Balaban J connectivity index is 1.84. The minimum absolute atomic E-state index is 0.227. The lowest BCUT2D eigenvalue weighted by Crippen LogP contribution is -2.28. The molecular formula is C17H12Cl3N3O3. The number of hydrogen-bond donors (Lipinski definition) is 1. The second-order valence-corrected chi connectivity index (χ2v) is 6.61. The topological polar surface area (TPSA) is 73.2 Å². The van der Waals surface area contributed by atoms with E-state index in [0.29, 0.717) is 27.0 Å². The van der Waals surface area contributed by atoms with E-state index in [1.807, 2.05) is 0 Å². The summed E-state index contributed by atoms with van der Waals surface area (Å²) in [6.45, 7) is -0.227. The van der Waals surface area contributed by atoms with Crippen LogP contribution in [0.1, 0.15) is 0 Å². The summed E-state index contributed by atoms with van der Waals surface area (Å²) in [6, 6.07) is 7.80. The number of amides is 1. The Morgan fingerprint density at radius 2 is 1.96 bits per heavy atom. The first-order chi connectivity index (χ1) is 12.4. The minimum atomic E-state index is -0.415. The average Bonchev–Trinajstić information content (AvgIpc) is 2.58. The van der Waals surface area contributed by atoms with Crippen molar-refractivity contribution in [3.05, 3.63) is 62.1 Å². The van der Waals surface area contributed by atoms with Crippen molar-refractivity contribution < 1.29 is 9.53 Å². The van der Waals surface area contributed by atoms with Crippen molar-refractivity contribution in [2.45, 2.75) is 6.54 Å². The molecule has 0 radical (unpaired) electrons. The summed E-state index contributed by atoms with van der Waals surface area (Å²) in [4.78, 5) is 28.9. The van der Waals surface area contributed by atoms with Gasteiger partial charge in [-0.1, -0.05) is 34.8 Å². The zero-order chi connectivity index (χ0) is 18.8. The fraction of sp³-hybridized carbons (Fsp3) is 0.118. The van der Waals surface area contributed by atoms with E-state index in [-0.39, 0.29) is 17.0 Å². The molecule has 1 aromatic heterocycles. The van der Waals surface area contributed by atoms with Crippen LogP contribution in [-0.2, 0) is 11.3 Å². The summed E-state index contributed by atoms with van der Waals surface area (Å²) in [7, 11) is 1.50. The number of halogens is 3. The molecule has 1 amide bonds. The molecule has 1 N–H and O–H groups in total. The van der Waals surface area contributed by atoms with Gasteiger partial charge in [0.2, 0.25) is 5.91 Å². The van der Waals surface area contributed by atoms with Gasteiger partial charge in [0.25, 0.3) is 5.56 Å². The minimum Gasteiger partial charge on any atom is -0.495 e. The predicted octanol–water partition coefficient (Wildman–Crippen LogP) is 4.00. The largest absolute Gasteiger partial charge is 0.495 e. The Morgan fingerprint density at radius 1 is 1.19 bits per heavy atom. The molecule has 0 saturated heterocycles. The molecular weight excluding hydrogens is 401 g/mol. The molecule has 26 heavy (non-hydrogen) atoms. The number of carbonyl (C=O) groups is 1. The summed E-state index contributed by atoms with van der Waals surface area (Å²) >= 11 is 18.0. The number of hydrogen-bond acceptors (Lipinski definition) is 4. The molecule has 134 valence electrons. The van der Waals surface area contributed by atoms with Gasteiger partial charge in [0.1, 0.15) is 12.3 Å². The van der Waals surface area contributed by atoms with E-state index in [0.717, 1.165) is 0 Å². The van der Waals surface area contributed by atoms with Crippen LogP contribution in [0.4, 0.5) is 5.69 Å². The van der Waals surface area contributed by atoms with E-state index in [2.05, 4.69) is 10.3 Å². The number of rotatable bonds is 4. The monoisotopic (exact) mass is 411 g/mol. The van der Waals surface area contributed by atoms with Gasteiger partial charge in [0.05, 0.1) is 34.4 Å². The lowest BCUT2D eigenvalue weighted by Gasteiger charge is -2.10. The molecule has 0 aliphatic rings. The molecule has 6 nitrogen and oxygen atoms in total. The SMILES string of the molecule is COc1ccc(NC(=O)Cn2cnc3c(Cl)cc(Cl)cc3c2=O)cc1Cl. The van der Waals surface area contributed by atoms with E-state index in [4.69, 9.17) is 39.5 Å². The highest BCUT2D eigenvalue weighted by Crippen LogP contribution is 2.27. The Hall–Kier alpha value is -2.28. The molecule has 0 bridgehead atoms. The van der Waals surface area contributed by atoms with Crippen molar-refractivity contribution in [2.24, 2.45) is 0 Å². The van der Waals surface area contributed by atoms with Crippen LogP contribution >= 0.6 is 34.8 Å². The first kappa shape index (κ1) is 18.5. The van der Waals surface area contributed by atoms with Crippen molar-refractivity contribution in [1.82, 2.24) is 9.55 Å². The van der Waals surface area contributed by atoms with Crippen LogP contribution in [0.2, 0.25) is 15.1 Å². The second kappa shape index (κ2) is 7.53. The van der Waals surface area contributed by atoms with Crippen molar-refractivity contribution in [1.29, 1.82) is 0 Å². The van der Waals surface area contributed by atoms with Gasteiger partial charge in [0.15, 0.2) is 0 Å². The fourth-order valence-electron chi connectivity index (χ4n) is 2.41. The molecule has 3 rings (SSSR count). The van der Waals surface area contributed by atoms with Crippen LogP contribution in [0, 0.1) is 0 Å². The third kappa shape index (κ3) is 3.77. The van der Waals surface area contributed by atoms with E-state index in [1.54, 1.807) is 18.2 Å². The van der Waals surface area contributed by atoms with Crippen LogP contribution in [0.15, 0.2) is 41.5 Å². The number of aromatic nitrogens is 2. The lowest BCUT2D eigenvalue weighted by molar-refractivity contribution is -0.116. The highest BCUT2D eigenvalue weighted by atomic mass is 35.5. The van der Waals surface area contributed by atoms with Crippen LogP contribution in [0.3, 0.4) is 0 Å². The predicted molar refractivity (Wildman–Crippen MR) is 103 cm³/mol. The Kier molecular flexibility index (Phi) is 5.36. The summed E-state index contributed by atoms with van der Waals surface area (Å²) in [5.74, 6) is 0.0796. The first-order valence-electron chi connectivity index (χ1n) is 7.36. The molecule has 0 unspecified atom stereocenters. The first-order valence-corrected chi connectivity index (χ1v) is 8.50. The van der Waals surface area contributed by atoms with Gasteiger partial charge in [-0.3, -0.25) is 14.2 Å². The standard InChI is InChI=1S/C17H12Cl3N3O3/c1-26-14-3-2-10(6-12(14)19)22-15(24)7-23-8-21-16-11(17(23)25)4-9(18)5-13(16)20/h2-6,8H,7H2,1H3,(H,22,24). The van der Waals surface area contributed by atoms with Crippen LogP contribution in [0.5, 0.6) is 5.75 Å². The Morgan fingerprint density at radius 3 is 2.65 bits per heavy atom. The van der Waals surface area contributed by atoms with Crippen molar-refractivity contribution in [2.75, 3.05) is 12.4 Å². The molecule has 0 spiro atoms. The number of nitrogens with zero attached hydrogens (tertiary/aromatic N) is 2. The van der Waals surface area contributed by atoms with E-state index < -0.39 is 11.5 Å². The molecule has 9 heteroatoms. The number of benzene rings is 2. The number of fused-ring (bicyclic) bond motifs is 1. The summed E-state index contributed by atoms with van der Waals surface area (Å²) in [6.07, 6.45) is 1.27. The molecule has 3 aromatic rings. The molecule has 1 heterocycles. The third-order valence-corrected chi connectivity index (χ3v) is 4.40. The van der Waals surface area contributed by atoms with Gasteiger partial charge in [-0.05, 0) is 30.3 Å². The highest BCUT2D eigenvalue weighted by molar-refractivity contribution is 6.38. The maximum atomic E-state index is 12.5. The second-order valence-electron chi connectivity index (χ2n) is 5.36. The number of nitrogens with one attached hydrogen (secondary N) is 1. The normalized spacial score (nSPS) is 10.8. The Labute approximate surface area is 163 Å². The molecule has 2 aromatic carbocycles. The van der Waals surface area contributed by atoms with Gasteiger partial charge in [-0.25, -0.2) is 4.98 Å². The molecule has 0 atom stereocenters. The summed E-state index contributed by atoms with van der Waals surface area (Å²) < 4.78 is 6.23. The zero-order valence-electron chi connectivity index (χ0n) is 13.4. The van der Waals surface area contributed by atoms with Crippen LogP contribution in [0.25, 0.3) is 10.9 Å². The maximum absolute atomic E-state index is 12.5. The van der Waals surface area contributed by atoms with E-state index >= 15 is 0 Å². The smallest absolute Gasteiger partial charge is 0.261 e. The molecule has 0 saturated carbocycles. The molecule has 0 aliphatic heterocycles. The molecule has 0 aliphatic carbocycles. The maximum Gasteiger partial charge on any atom is 0.261 e. The van der Waals surface area contributed by atoms with Gasteiger partial charge in [-0.15, -0.1) is 0 Å². The van der Waals surface area contributed by atoms with Crippen molar-refractivity contribution >= 4 is 57.3 Å². The van der Waals surface area contributed by atoms with Gasteiger partial charge in [0, 0.05) is 10.7 Å². The van der Waals surface area contributed by atoms with Crippen molar-refractivity contribution in [3.8, 4) is 5.75 Å². The van der Waals surface area contributed by atoms with Crippen LogP contribution < -0.4 is 15.6 Å². The van der Waals surface area contributed by atoms with E-state index in [1.165, 1.54) is 30.1 Å². The molecule has 0 fully saturated rings. The van der Waals surface area contributed by atoms with Crippen LogP contribution in [-0.4, -0.2) is 22.6 Å². The van der Waals surface area contributed by atoms with Gasteiger partial charge >= 0.3 is 0 Å².